The zero-order valence-electron chi connectivity index (χ0n) is 15.2. The predicted octanol–water partition coefficient (Wildman–Crippen LogP) is 4.52. The van der Waals surface area contributed by atoms with E-state index >= 15 is 0 Å². The average molecular weight is 437 g/mol. The maximum absolute atomic E-state index is 14.7. The molecule has 10 heteroatoms. The lowest BCUT2D eigenvalue weighted by Crippen LogP contribution is -2.17. The molecular weight excluding hydrogens is 419 g/mol. The molecule has 0 spiro atoms. The van der Waals surface area contributed by atoms with Gasteiger partial charge in [0.15, 0.2) is 11.6 Å². The van der Waals surface area contributed by atoms with E-state index in [9.17, 15) is 27.1 Å². The number of amides is 1. The first-order valence-electron chi connectivity index (χ1n) is 8.55. The number of rotatable bonds is 5. The number of pyridine rings is 1. The topological polar surface area (TPSA) is 76.2 Å². The molecule has 1 unspecified atom stereocenters. The number of hydrogen-bond donors (Lipinski definition) is 2. The highest BCUT2D eigenvalue weighted by molar-refractivity contribution is 6.31. The predicted molar refractivity (Wildman–Crippen MR) is 96.9 cm³/mol. The van der Waals surface area contributed by atoms with Crippen LogP contribution in [0.25, 0.3) is 11.3 Å². The Labute approximate surface area is 168 Å². The van der Waals surface area contributed by atoms with Gasteiger partial charge in [-0.2, -0.15) is 0 Å². The number of alkyl halides is 2. The Bertz CT molecular complexity index is 901. The maximum atomic E-state index is 14.7. The van der Waals surface area contributed by atoms with Crippen LogP contribution in [0.5, 0.6) is 0 Å². The summed E-state index contributed by atoms with van der Waals surface area (Å²) in [6.45, 7) is 0.155. The van der Waals surface area contributed by atoms with Crippen LogP contribution < -0.4 is 5.73 Å². The fourth-order valence-corrected chi connectivity index (χ4v) is 3.09. The quantitative estimate of drug-likeness (QED) is 0.411. The molecule has 1 atom stereocenters. The monoisotopic (exact) mass is 436 g/mol. The van der Waals surface area contributed by atoms with E-state index in [2.05, 4.69) is 10.7 Å². The summed E-state index contributed by atoms with van der Waals surface area (Å²) < 4.78 is 70.2. The first-order chi connectivity index (χ1) is 13.6. The SMILES string of the molecule is CC(F)(F)c1cc(C(CO)C2CC2)nc(-c2ccc(F)c(Cl)c2F)c1F.NC=O. The largest absolute Gasteiger partial charge is 0.396 e. The van der Waals surface area contributed by atoms with E-state index in [1.54, 1.807) is 0 Å². The van der Waals surface area contributed by atoms with Gasteiger partial charge in [-0.25, -0.2) is 26.9 Å². The lowest BCUT2D eigenvalue weighted by Gasteiger charge is -2.20. The molecule has 0 saturated heterocycles. The van der Waals surface area contributed by atoms with Gasteiger partial charge in [-0.3, -0.25) is 4.79 Å². The molecule has 1 aliphatic carbocycles. The molecule has 158 valence electrons. The third-order valence-electron chi connectivity index (χ3n) is 4.51. The molecule has 0 radical (unpaired) electrons. The number of aliphatic hydroxyl groups is 1. The number of carbonyl (C=O) groups excluding carboxylic acids is 1. The molecule has 0 bridgehead atoms. The number of nitrogens with zero attached hydrogens (tertiary/aromatic N) is 1. The number of hydrogen-bond acceptors (Lipinski definition) is 3. The molecule has 2 aromatic rings. The fraction of sp³-hybridized carbons (Fsp3) is 0.368. The summed E-state index contributed by atoms with van der Waals surface area (Å²) in [5.74, 6) is -7.82. The van der Waals surface area contributed by atoms with Gasteiger partial charge in [-0.05, 0) is 37.0 Å². The van der Waals surface area contributed by atoms with E-state index in [1.807, 2.05) is 0 Å². The zero-order chi connectivity index (χ0) is 21.9. The second kappa shape index (κ2) is 9.04. The van der Waals surface area contributed by atoms with Crippen LogP contribution in [0, 0.1) is 23.4 Å². The van der Waals surface area contributed by atoms with Crippen molar-refractivity contribution in [2.24, 2.45) is 11.7 Å². The molecule has 1 fully saturated rings. The maximum Gasteiger partial charge on any atom is 0.273 e. The molecule has 1 heterocycles. The number of aromatic nitrogens is 1. The minimum atomic E-state index is -3.56. The standard InChI is InChI=1S/C18H15ClF5NO.CH3NO/c1-18(23,24)11-6-13(10(7-26)8-2-3-8)25-17(16(11)22)9-4-5-12(20)14(19)15(9)21;2-1-3/h4-6,8,10,26H,2-3,7H2,1H3;1H,(H2,2,3). The van der Waals surface area contributed by atoms with Gasteiger partial charge in [-0.1, -0.05) is 11.6 Å². The molecule has 29 heavy (non-hydrogen) atoms. The smallest absolute Gasteiger partial charge is 0.273 e. The van der Waals surface area contributed by atoms with E-state index < -0.39 is 51.1 Å². The molecule has 1 aliphatic rings. The highest BCUT2D eigenvalue weighted by Gasteiger charge is 2.37. The van der Waals surface area contributed by atoms with Crippen molar-refractivity contribution in [3.63, 3.8) is 0 Å². The summed E-state index contributed by atoms with van der Waals surface area (Å²) in [5.41, 5.74) is 2.05. The summed E-state index contributed by atoms with van der Waals surface area (Å²) in [5, 5.41) is 8.71. The normalized spacial score (nSPS) is 14.8. The van der Waals surface area contributed by atoms with Crippen LogP contribution in [-0.4, -0.2) is 23.1 Å². The summed E-state index contributed by atoms with van der Waals surface area (Å²) >= 11 is 5.52. The Hall–Kier alpha value is -2.26. The highest BCUT2D eigenvalue weighted by atomic mass is 35.5. The second-order valence-corrected chi connectivity index (χ2v) is 7.01. The van der Waals surface area contributed by atoms with E-state index in [-0.39, 0.29) is 24.6 Å². The number of nitrogens with two attached hydrogens (primary N) is 1. The minimum absolute atomic E-state index is 0.0442. The van der Waals surface area contributed by atoms with Crippen molar-refractivity contribution in [1.82, 2.24) is 4.98 Å². The summed E-state index contributed by atoms with van der Waals surface area (Å²) in [4.78, 5) is 12.6. The highest BCUT2D eigenvalue weighted by Crippen LogP contribution is 2.44. The van der Waals surface area contributed by atoms with Crippen molar-refractivity contribution >= 4 is 18.0 Å². The minimum Gasteiger partial charge on any atom is -0.396 e. The van der Waals surface area contributed by atoms with E-state index in [1.165, 1.54) is 0 Å². The van der Waals surface area contributed by atoms with Crippen LogP contribution in [-0.2, 0) is 10.7 Å². The Morgan fingerprint density at radius 2 is 1.90 bits per heavy atom. The van der Waals surface area contributed by atoms with Crippen molar-refractivity contribution in [3.8, 4) is 11.3 Å². The van der Waals surface area contributed by atoms with Crippen LogP contribution in [0.4, 0.5) is 22.0 Å². The van der Waals surface area contributed by atoms with Gasteiger partial charge in [-0.15, -0.1) is 0 Å². The third kappa shape index (κ3) is 5.02. The molecule has 1 aromatic carbocycles. The molecule has 1 saturated carbocycles. The third-order valence-corrected chi connectivity index (χ3v) is 4.85. The second-order valence-electron chi connectivity index (χ2n) is 6.63. The Morgan fingerprint density at radius 1 is 1.31 bits per heavy atom. The average Bonchev–Trinajstić information content (AvgIpc) is 3.47. The summed E-state index contributed by atoms with van der Waals surface area (Å²) in [7, 11) is 0. The van der Waals surface area contributed by atoms with Crippen LogP contribution in [0.1, 0.15) is 36.9 Å². The van der Waals surface area contributed by atoms with Crippen LogP contribution >= 0.6 is 11.6 Å². The Morgan fingerprint density at radius 3 is 2.38 bits per heavy atom. The number of carbonyl (C=O) groups is 1. The number of halogens is 6. The summed E-state index contributed by atoms with van der Waals surface area (Å²) in [6.07, 6.45) is 1.82. The Balaban J connectivity index is 0.000000941. The number of aliphatic hydroxyl groups excluding tert-OH is 1. The van der Waals surface area contributed by atoms with E-state index in [0.717, 1.165) is 31.0 Å². The van der Waals surface area contributed by atoms with Crippen molar-refractivity contribution in [3.05, 3.63) is 51.9 Å². The van der Waals surface area contributed by atoms with Gasteiger partial charge in [0.2, 0.25) is 6.41 Å². The van der Waals surface area contributed by atoms with Crippen LogP contribution in [0.2, 0.25) is 5.02 Å². The molecule has 3 N–H and O–H groups in total. The Kier molecular flexibility index (Phi) is 7.18. The lowest BCUT2D eigenvalue weighted by molar-refractivity contribution is -0.106. The van der Waals surface area contributed by atoms with Gasteiger partial charge in [0.05, 0.1) is 12.2 Å². The van der Waals surface area contributed by atoms with Crippen LogP contribution in [0.15, 0.2) is 18.2 Å². The fourth-order valence-electron chi connectivity index (χ4n) is 2.93. The molecule has 4 nitrogen and oxygen atoms in total. The van der Waals surface area contributed by atoms with E-state index in [0.29, 0.717) is 6.92 Å². The number of benzene rings is 1. The van der Waals surface area contributed by atoms with Gasteiger partial charge in [0.1, 0.15) is 16.5 Å². The van der Waals surface area contributed by atoms with Gasteiger partial charge in [0, 0.05) is 24.1 Å². The zero-order valence-corrected chi connectivity index (χ0v) is 16.0. The van der Waals surface area contributed by atoms with Crippen molar-refractivity contribution in [1.29, 1.82) is 0 Å². The van der Waals surface area contributed by atoms with Gasteiger partial charge in [0.25, 0.3) is 5.92 Å². The van der Waals surface area contributed by atoms with Crippen molar-refractivity contribution in [2.45, 2.75) is 31.6 Å². The number of primary amides is 1. The molecular formula is C19H18ClF5N2O2. The molecule has 1 aromatic heterocycles. The first kappa shape index (κ1) is 23.0. The van der Waals surface area contributed by atoms with Crippen LogP contribution in [0.3, 0.4) is 0 Å². The van der Waals surface area contributed by atoms with E-state index in [4.69, 9.17) is 16.4 Å². The van der Waals surface area contributed by atoms with Gasteiger partial charge < -0.3 is 10.8 Å². The molecule has 3 rings (SSSR count). The van der Waals surface area contributed by atoms with Crippen molar-refractivity contribution < 1.29 is 31.9 Å². The lowest BCUT2D eigenvalue weighted by atomic mass is 9.95. The van der Waals surface area contributed by atoms with Crippen molar-refractivity contribution in [2.75, 3.05) is 6.61 Å². The van der Waals surface area contributed by atoms with Gasteiger partial charge >= 0.3 is 0 Å². The molecule has 0 aliphatic heterocycles. The summed E-state index contributed by atoms with van der Waals surface area (Å²) in [6, 6.07) is 2.61. The first-order valence-corrected chi connectivity index (χ1v) is 8.93. The molecule has 1 amide bonds.